The molecule has 11 nitrogen and oxygen atoms in total. The standard InChI is InChI=1S/C40H48N4O7/c1-20-17-22-28-33-29(37(39(22)50-9)41-13-11-15-43(3)4)23(46)18-25(48-7)31(33)32-26(49-8)19-24(47)30-35(32)34(28)36(27(20)21(2)45)40(51-10)38(30)42-14-12-16-44(5)6/h18-19,41-42H,11-17H2,1-10H3. The van der Waals surface area contributed by atoms with Gasteiger partial charge in [-0.25, -0.2) is 0 Å². The molecule has 0 spiro atoms. The molecule has 51 heavy (non-hydrogen) atoms. The average Bonchev–Trinajstić information content (AvgIpc) is 3.21. The number of carbonyl (C=O) groups excluding carboxylic acids is 1. The number of Topliss-reactive ketones (excluding diaryl/α,β-unsaturated/α-hetero) is 1. The van der Waals surface area contributed by atoms with E-state index in [9.17, 15) is 14.4 Å². The summed E-state index contributed by atoms with van der Waals surface area (Å²) in [5, 5.41) is 11.9. The molecule has 0 saturated carbocycles. The van der Waals surface area contributed by atoms with Gasteiger partial charge in [0.15, 0.2) is 22.4 Å². The van der Waals surface area contributed by atoms with Gasteiger partial charge in [0.05, 0.1) is 50.6 Å². The maximum absolute atomic E-state index is 14.4. The Morgan fingerprint density at radius 2 is 1.14 bits per heavy atom. The second-order valence-electron chi connectivity index (χ2n) is 13.9. The van der Waals surface area contributed by atoms with Gasteiger partial charge in [-0.05, 0) is 79.8 Å². The highest BCUT2D eigenvalue weighted by Gasteiger charge is 2.36. The summed E-state index contributed by atoms with van der Waals surface area (Å²) < 4.78 is 24.4. The van der Waals surface area contributed by atoms with Crippen LogP contribution in [0.25, 0.3) is 48.7 Å². The molecule has 6 rings (SSSR count). The topological polar surface area (TPSA) is 119 Å². The van der Waals surface area contributed by atoms with E-state index in [2.05, 4.69) is 20.4 Å². The highest BCUT2D eigenvalue weighted by atomic mass is 16.5. The first-order chi connectivity index (χ1) is 24.4. The molecule has 270 valence electrons. The van der Waals surface area contributed by atoms with Crippen molar-refractivity contribution in [1.29, 1.82) is 0 Å². The second-order valence-corrected chi connectivity index (χ2v) is 13.9. The van der Waals surface area contributed by atoms with Crippen LogP contribution in [0.1, 0.15) is 37.8 Å². The summed E-state index contributed by atoms with van der Waals surface area (Å²) in [6.07, 6.45) is 1.98. The summed E-state index contributed by atoms with van der Waals surface area (Å²) in [4.78, 5) is 46.8. The van der Waals surface area contributed by atoms with Gasteiger partial charge in [0.25, 0.3) is 0 Å². The lowest BCUT2D eigenvalue weighted by Gasteiger charge is -2.26. The highest BCUT2D eigenvalue weighted by molar-refractivity contribution is 6.42. The lowest BCUT2D eigenvalue weighted by Crippen LogP contribution is -2.18. The van der Waals surface area contributed by atoms with Crippen molar-refractivity contribution < 1.29 is 23.7 Å². The molecule has 11 heteroatoms. The van der Waals surface area contributed by atoms with Gasteiger partial charge in [0, 0.05) is 68.9 Å². The van der Waals surface area contributed by atoms with Crippen molar-refractivity contribution in [2.24, 2.45) is 0 Å². The van der Waals surface area contributed by atoms with Crippen molar-refractivity contribution >= 4 is 65.8 Å². The van der Waals surface area contributed by atoms with Gasteiger partial charge < -0.3 is 39.4 Å². The molecule has 0 bridgehead atoms. The molecule has 0 fully saturated rings. The van der Waals surface area contributed by atoms with Crippen LogP contribution in [0.5, 0.6) is 23.0 Å². The Bertz CT molecular complexity index is 2330. The van der Waals surface area contributed by atoms with Gasteiger partial charge in [0.1, 0.15) is 17.2 Å². The summed E-state index contributed by atoms with van der Waals surface area (Å²) in [7, 11) is 14.3. The number of hydrogen-bond acceptors (Lipinski definition) is 11. The zero-order valence-electron chi connectivity index (χ0n) is 31.4. The minimum atomic E-state index is -0.261. The van der Waals surface area contributed by atoms with Crippen LogP contribution in [-0.4, -0.2) is 98.4 Å². The van der Waals surface area contributed by atoms with E-state index >= 15 is 0 Å². The summed E-state index contributed by atoms with van der Waals surface area (Å²) in [5.41, 5.74) is 3.30. The lowest BCUT2D eigenvalue weighted by atomic mass is 9.82. The number of ether oxygens (including phenoxy) is 4. The molecule has 1 aliphatic rings. The number of fused-ring (bicyclic) bond motifs is 1. The van der Waals surface area contributed by atoms with Crippen LogP contribution >= 0.6 is 0 Å². The number of nitrogens with zero attached hydrogens (tertiary/aromatic N) is 2. The third kappa shape index (κ3) is 5.72. The maximum Gasteiger partial charge on any atom is 0.192 e. The Hall–Kier alpha value is -4.87. The van der Waals surface area contributed by atoms with E-state index in [1.807, 2.05) is 35.1 Å². The third-order valence-corrected chi connectivity index (χ3v) is 10.0. The van der Waals surface area contributed by atoms with E-state index in [0.29, 0.717) is 103 Å². The van der Waals surface area contributed by atoms with Crippen molar-refractivity contribution in [3.63, 3.8) is 0 Å². The summed E-state index contributed by atoms with van der Waals surface area (Å²) in [5.74, 6) is 1.49. The molecule has 1 aliphatic carbocycles. The molecule has 5 aromatic rings. The average molecular weight is 697 g/mol. The number of allylic oxidation sites excluding steroid dienone is 2. The number of methoxy groups -OCH3 is 4. The molecule has 2 N–H and O–H groups in total. The minimum Gasteiger partial charge on any atom is -0.496 e. The van der Waals surface area contributed by atoms with Gasteiger partial charge >= 0.3 is 0 Å². The molecule has 0 saturated heterocycles. The zero-order chi connectivity index (χ0) is 36.9. The molecule has 0 atom stereocenters. The van der Waals surface area contributed by atoms with Crippen LogP contribution in [0.15, 0.2) is 27.3 Å². The number of anilines is 2. The van der Waals surface area contributed by atoms with Gasteiger partial charge in [-0.15, -0.1) is 0 Å². The van der Waals surface area contributed by atoms with E-state index in [0.717, 1.165) is 42.5 Å². The Balaban J connectivity index is 1.94. The normalized spacial score (nSPS) is 13.0. The highest BCUT2D eigenvalue weighted by Crippen LogP contribution is 2.57. The number of carbonyl (C=O) groups is 1. The number of benzene rings is 5. The van der Waals surface area contributed by atoms with Crippen molar-refractivity contribution in [2.45, 2.75) is 33.1 Å². The Kier molecular flexibility index (Phi) is 9.89. The predicted octanol–water partition coefficient (Wildman–Crippen LogP) is 5.58. The monoisotopic (exact) mass is 696 g/mol. The van der Waals surface area contributed by atoms with E-state index < -0.39 is 0 Å². The molecule has 0 amide bonds. The van der Waals surface area contributed by atoms with Crippen LogP contribution in [-0.2, 0) is 11.2 Å². The predicted molar refractivity (Wildman–Crippen MR) is 208 cm³/mol. The van der Waals surface area contributed by atoms with Crippen LogP contribution in [0.4, 0.5) is 11.4 Å². The molecule has 0 radical (unpaired) electrons. The SMILES string of the molecule is COc1c(NCCCN(C)C)c2c(=O)cc(OC)c3c4c(OC)cc(=O)c5c(NCCCN(C)C)c(OC)c6c(c(c1CC(C)=C6C(C)=O)c23)c54. The van der Waals surface area contributed by atoms with Crippen molar-refractivity contribution in [2.75, 3.05) is 93.4 Å². The van der Waals surface area contributed by atoms with Crippen molar-refractivity contribution in [3.05, 3.63) is 49.3 Å². The molecule has 0 aliphatic heterocycles. The summed E-state index contributed by atoms with van der Waals surface area (Å²) in [6, 6.07) is 2.99. The molecular weight excluding hydrogens is 648 g/mol. The van der Waals surface area contributed by atoms with Crippen molar-refractivity contribution in [3.8, 4) is 23.0 Å². The minimum absolute atomic E-state index is 0.141. The second kappa shape index (κ2) is 14.0. The first-order valence-corrected chi connectivity index (χ1v) is 17.3. The fourth-order valence-corrected chi connectivity index (χ4v) is 8.05. The Morgan fingerprint density at radius 3 is 1.57 bits per heavy atom. The van der Waals surface area contributed by atoms with Crippen LogP contribution in [0.2, 0.25) is 0 Å². The van der Waals surface area contributed by atoms with Crippen molar-refractivity contribution in [1.82, 2.24) is 9.80 Å². The largest absolute Gasteiger partial charge is 0.496 e. The van der Waals surface area contributed by atoms with E-state index in [1.165, 1.54) is 26.4 Å². The summed E-state index contributed by atoms with van der Waals surface area (Å²) in [6.45, 7) is 6.33. The van der Waals surface area contributed by atoms with Crippen LogP contribution in [0.3, 0.4) is 0 Å². The van der Waals surface area contributed by atoms with Gasteiger partial charge in [-0.3, -0.25) is 14.4 Å². The fourth-order valence-electron chi connectivity index (χ4n) is 8.05. The first-order valence-electron chi connectivity index (χ1n) is 17.3. The van der Waals surface area contributed by atoms with E-state index in [-0.39, 0.29) is 16.6 Å². The smallest absolute Gasteiger partial charge is 0.192 e. The first kappa shape index (κ1) is 35.9. The van der Waals surface area contributed by atoms with Gasteiger partial charge in [-0.2, -0.15) is 0 Å². The molecular formula is C40H48N4O7. The van der Waals surface area contributed by atoms with Crippen LogP contribution < -0.4 is 40.4 Å². The quantitative estimate of drug-likeness (QED) is 0.0812. The van der Waals surface area contributed by atoms with Gasteiger partial charge in [0.2, 0.25) is 0 Å². The summed E-state index contributed by atoms with van der Waals surface area (Å²) >= 11 is 0. The molecule has 0 aromatic heterocycles. The molecule has 5 aromatic carbocycles. The Morgan fingerprint density at radius 1 is 0.667 bits per heavy atom. The van der Waals surface area contributed by atoms with Gasteiger partial charge in [-0.1, -0.05) is 5.57 Å². The number of ketones is 1. The van der Waals surface area contributed by atoms with Crippen LogP contribution in [0, 0.1) is 0 Å². The number of rotatable bonds is 15. The lowest BCUT2D eigenvalue weighted by molar-refractivity contribution is -0.111. The Labute approximate surface area is 297 Å². The molecule has 0 heterocycles. The fraction of sp³-hybridized carbons (Fsp3) is 0.425. The number of hydrogen-bond donors (Lipinski definition) is 2. The van der Waals surface area contributed by atoms with E-state index in [4.69, 9.17) is 18.9 Å². The number of nitrogens with one attached hydrogen (secondary N) is 2. The maximum atomic E-state index is 14.4. The third-order valence-electron chi connectivity index (χ3n) is 10.0. The molecule has 0 unspecified atom stereocenters. The van der Waals surface area contributed by atoms with E-state index in [1.54, 1.807) is 21.1 Å². The zero-order valence-corrected chi connectivity index (χ0v) is 31.4.